The number of benzene rings is 1. The molecule has 1 aliphatic heterocycles. The van der Waals surface area contributed by atoms with E-state index in [-0.39, 0.29) is 24.9 Å². The molecule has 0 saturated carbocycles. The first-order valence-electron chi connectivity index (χ1n) is 6.73. The summed E-state index contributed by atoms with van der Waals surface area (Å²) in [5.41, 5.74) is 0. The van der Waals surface area contributed by atoms with Crippen molar-refractivity contribution < 1.29 is 9.53 Å². The van der Waals surface area contributed by atoms with E-state index in [9.17, 15) is 4.79 Å². The van der Waals surface area contributed by atoms with Crippen molar-refractivity contribution in [1.82, 2.24) is 10.2 Å². The van der Waals surface area contributed by atoms with Crippen LogP contribution in [0.5, 0.6) is 5.75 Å². The Kier molecular flexibility index (Phi) is 8.08. The number of nitrogens with one attached hydrogen (secondary N) is 1. The molecule has 124 valence electrons. The van der Waals surface area contributed by atoms with Crippen LogP contribution in [0.2, 0.25) is 15.1 Å². The summed E-state index contributed by atoms with van der Waals surface area (Å²) in [4.78, 5) is 14.0. The summed E-state index contributed by atoms with van der Waals surface area (Å²) in [6.45, 7) is 1.40. The highest BCUT2D eigenvalue weighted by atomic mass is 35.5. The molecule has 1 aromatic rings. The van der Waals surface area contributed by atoms with Crippen molar-refractivity contribution in [2.24, 2.45) is 0 Å². The monoisotopic (exact) mass is 386 g/mol. The highest BCUT2D eigenvalue weighted by Crippen LogP contribution is 2.33. The van der Waals surface area contributed by atoms with E-state index in [2.05, 4.69) is 5.32 Å². The first kappa shape index (κ1) is 19.7. The highest BCUT2D eigenvalue weighted by Gasteiger charge is 2.23. The van der Waals surface area contributed by atoms with Crippen molar-refractivity contribution in [3.63, 3.8) is 0 Å². The van der Waals surface area contributed by atoms with Gasteiger partial charge in [-0.05, 0) is 26.0 Å². The maximum atomic E-state index is 12.2. The number of likely N-dealkylation sites (N-methyl/N-ethyl adjacent to an activating group) is 1. The van der Waals surface area contributed by atoms with Gasteiger partial charge >= 0.3 is 0 Å². The molecule has 1 aliphatic rings. The van der Waals surface area contributed by atoms with Gasteiger partial charge in [0.1, 0.15) is 5.75 Å². The summed E-state index contributed by atoms with van der Waals surface area (Å²) in [6.07, 6.45) is 2.07. The van der Waals surface area contributed by atoms with Gasteiger partial charge in [-0.25, -0.2) is 0 Å². The SMILES string of the molecule is CNC1CCCN(C(=O)COc2cc(Cl)c(Cl)cc2Cl)C1.Cl. The number of hydrogen-bond acceptors (Lipinski definition) is 3. The van der Waals surface area contributed by atoms with Crippen LogP contribution < -0.4 is 10.1 Å². The average Bonchev–Trinajstić information content (AvgIpc) is 2.49. The quantitative estimate of drug-likeness (QED) is 0.801. The van der Waals surface area contributed by atoms with E-state index in [0.717, 1.165) is 19.4 Å². The van der Waals surface area contributed by atoms with Gasteiger partial charge in [0.15, 0.2) is 6.61 Å². The van der Waals surface area contributed by atoms with Crippen LogP contribution in [-0.4, -0.2) is 43.6 Å². The zero-order valence-corrected chi connectivity index (χ0v) is 15.2. The fourth-order valence-electron chi connectivity index (χ4n) is 2.28. The van der Waals surface area contributed by atoms with Crippen LogP contribution in [0.3, 0.4) is 0 Å². The van der Waals surface area contributed by atoms with Crippen molar-refractivity contribution in [1.29, 1.82) is 0 Å². The third-order valence-corrected chi connectivity index (χ3v) is 4.53. The zero-order chi connectivity index (χ0) is 15.4. The summed E-state index contributed by atoms with van der Waals surface area (Å²) >= 11 is 17.8. The molecule has 0 spiro atoms. The molecule has 1 unspecified atom stereocenters. The van der Waals surface area contributed by atoms with Crippen LogP contribution in [0.25, 0.3) is 0 Å². The normalized spacial score (nSPS) is 17.8. The lowest BCUT2D eigenvalue weighted by molar-refractivity contribution is -0.134. The highest BCUT2D eigenvalue weighted by molar-refractivity contribution is 6.43. The molecule has 2 rings (SSSR count). The van der Waals surface area contributed by atoms with E-state index in [1.54, 1.807) is 4.90 Å². The Labute approximate surface area is 151 Å². The molecule has 22 heavy (non-hydrogen) atoms. The van der Waals surface area contributed by atoms with Crippen LogP contribution >= 0.6 is 47.2 Å². The fourth-order valence-corrected chi connectivity index (χ4v) is 2.88. The molecule has 1 heterocycles. The smallest absolute Gasteiger partial charge is 0.260 e. The lowest BCUT2D eigenvalue weighted by atomic mass is 10.1. The lowest BCUT2D eigenvalue weighted by Crippen LogP contribution is -2.48. The van der Waals surface area contributed by atoms with Gasteiger partial charge in [0, 0.05) is 25.2 Å². The Bertz CT molecular complexity index is 528. The van der Waals surface area contributed by atoms with Crippen molar-refractivity contribution >= 4 is 53.1 Å². The van der Waals surface area contributed by atoms with Gasteiger partial charge in [-0.2, -0.15) is 0 Å². The number of ether oxygens (including phenoxy) is 1. The second-order valence-electron chi connectivity index (χ2n) is 4.95. The molecule has 1 amide bonds. The van der Waals surface area contributed by atoms with Gasteiger partial charge in [0.05, 0.1) is 15.1 Å². The molecular weight excluding hydrogens is 370 g/mol. The van der Waals surface area contributed by atoms with Crippen molar-refractivity contribution in [3.05, 3.63) is 27.2 Å². The summed E-state index contributed by atoms with van der Waals surface area (Å²) < 4.78 is 5.47. The standard InChI is InChI=1S/C14H17Cl3N2O2.ClH/c1-18-9-3-2-4-19(7-9)14(20)8-21-13-6-11(16)10(15)5-12(13)17;/h5-6,9,18H,2-4,7-8H2,1H3;1H. The molecule has 0 aliphatic carbocycles. The topological polar surface area (TPSA) is 41.6 Å². The van der Waals surface area contributed by atoms with E-state index in [0.29, 0.717) is 33.4 Å². The van der Waals surface area contributed by atoms with Crippen molar-refractivity contribution in [2.45, 2.75) is 18.9 Å². The minimum absolute atomic E-state index is 0. The second kappa shape index (κ2) is 9.04. The fraction of sp³-hybridized carbons (Fsp3) is 0.500. The van der Waals surface area contributed by atoms with Gasteiger partial charge < -0.3 is 15.0 Å². The second-order valence-corrected chi connectivity index (χ2v) is 6.17. The predicted molar refractivity (Wildman–Crippen MR) is 92.9 cm³/mol. The molecule has 1 N–H and O–H groups in total. The first-order valence-corrected chi connectivity index (χ1v) is 7.87. The molecule has 4 nitrogen and oxygen atoms in total. The summed E-state index contributed by atoms with van der Waals surface area (Å²) in [7, 11) is 1.91. The molecular formula is C14H18Cl4N2O2. The van der Waals surface area contributed by atoms with Gasteiger partial charge in [-0.15, -0.1) is 12.4 Å². The molecule has 0 radical (unpaired) electrons. The van der Waals surface area contributed by atoms with Crippen LogP contribution in [0.1, 0.15) is 12.8 Å². The maximum Gasteiger partial charge on any atom is 0.260 e. The summed E-state index contributed by atoms with van der Waals surface area (Å²) in [5, 5.41) is 4.23. The van der Waals surface area contributed by atoms with Gasteiger partial charge in [0.25, 0.3) is 5.91 Å². The predicted octanol–water partition coefficient (Wildman–Crippen LogP) is 3.66. The van der Waals surface area contributed by atoms with Gasteiger partial charge in [0.2, 0.25) is 0 Å². The Balaban J connectivity index is 0.00000242. The number of piperidine rings is 1. The maximum absolute atomic E-state index is 12.2. The number of hydrogen-bond donors (Lipinski definition) is 1. The average molecular weight is 388 g/mol. The number of carbonyl (C=O) groups excluding carboxylic acids is 1. The molecule has 1 aromatic carbocycles. The van der Waals surface area contributed by atoms with Gasteiger partial charge in [-0.3, -0.25) is 4.79 Å². The van der Waals surface area contributed by atoms with Crippen molar-refractivity contribution in [3.8, 4) is 5.75 Å². The van der Waals surface area contributed by atoms with Crippen molar-refractivity contribution in [2.75, 3.05) is 26.7 Å². The Hall–Kier alpha value is -0.390. The van der Waals surface area contributed by atoms with Crippen LogP contribution in [0.15, 0.2) is 12.1 Å². The minimum atomic E-state index is -0.0614. The third-order valence-electron chi connectivity index (χ3n) is 3.51. The van der Waals surface area contributed by atoms with E-state index >= 15 is 0 Å². The number of likely N-dealkylation sites (tertiary alicyclic amines) is 1. The largest absolute Gasteiger partial charge is 0.482 e. The Morgan fingerprint density at radius 1 is 1.32 bits per heavy atom. The first-order chi connectivity index (χ1) is 10.0. The molecule has 1 fully saturated rings. The third kappa shape index (κ3) is 5.07. The number of nitrogens with zero attached hydrogens (tertiary/aromatic N) is 1. The molecule has 0 aromatic heterocycles. The lowest BCUT2D eigenvalue weighted by Gasteiger charge is -2.32. The molecule has 1 atom stereocenters. The number of carbonyl (C=O) groups is 1. The Morgan fingerprint density at radius 3 is 2.68 bits per heavy atom. The molecule has 1 saturated heterocycles. The van der Waals surface area contributed by atoms with Crippen LogP contribution in [0.4, 0.5) is 0 Å². The zero-order valence-electron chi connectivity index (χ0n) is 12.1. The number of halogens is 4. The molecule has 0 bridgehead atoms. The number of rotatable bonds is 4. The van der Waals surface area contributed by atoms with E-state index in [1.165, 1.54) is 12.1 Å². The van der Waals surface area contributed by atoms with E-state index in [1.807, 2.05) is 7.05 Å². The van der Waals surface area contributed by atoms with Crippen LogP contribution in [-0.2, 0) is 4.79 Å². The summed E-state index contributed by atoms with van der Waals surface area (Å²) in [6, 6.07) is 3.37. The van der Waals surface area contributed by atoms with Crippen LogP contribution in [0, 0.1) is 0 Å². The minimum Gasteiger partial charge on any atom is -0.482 e. The Morgan fingerprint density at radius 2 is 2.00 bits per heavy atom. The summed E-state index contributed by atoms with van der Waals surface area (Å²) in [5.74, 6) is 0.304. The van der Waals surface area contributed by atoms with E-state index < -0.39 is 0 Å². The van der Waals surface area contributed by atoms with E-state index in [4.69, 9.17) is 39.5 Å². The molecule has 8 heteroatoms. The van der Waals surface area contributed by atoms with Gasteiger partial charge in [-0.1, -0.05) is 34.8 Å². The number of amides is 1.